The maximum absolute atomic E-state index is 11.6. The van der Waals surface area contributed by atoms with Crippen molar-refractivity contribution in [2.75, 3.05) is 47.5 Å². The quantitative estimate of drug-likeness (QED) is 0.359. The number of hydrogen-bond donors (Lipinski definition) is 4. The van der Waals surface area contributed by atoms with Gasteiger partial charge in [0.1, 0.15) is 12.2 Å². The number of nitrogens with one attached hydrogen (secondary N) is 1. The fourth-order valence-electron chi connectivity index (χ4n) is 1.57. The second kappa shape index (κ2) is 10.8. The molecule has 0 aliphatic rings. The second-order valence-electron chi connectivity index (χ2n) is 4.66. The van der Waals surface area contributed by atoms with E-state index >= 15 is 0 Å². The predicted octanol–water partition coefficient (Wildman–Crippen LogP) is -1.61. The van der Waals surface area contributed by atoms with Crippen LogP contribution in [0.3, 0.4) is 0 Å². The first kappa shape index (κ1) is 19.1. The molecule has 0 fully saturated rings. The summed E-state index contributed by atoms with van der Waals surface area (Å²) in [7, 11) is 5.17. The van der Waals surface area contributed by atoms with Gasteiger partial charge in [-0.3, -0.25) is 0 Å². The zero-order chi connectivity index (χ0) is 15.5. The van der Waals surface area contributed by atoms with Crippen molar-refractivity contribution >= 4 is 6.09 Å². The van der Waals surface area contributed by atoms with Gasteiger partial charge in [-0.2, -0.15) is 0 Å². The Morgan fingerprint density at radius 2 is 1.95 bits per heavy atom. The van der Waals surface area contributed by atoms with E-state index in [0.29, 0.717) is 6.54 Å². The lowest BCUT2D eigenvalue weighted by Crippen LogP contribution is -2.47. The topological polar surface area (TPSA) is 111 Å². The lowest BCUT2D eigenvalue weighted by Gasteiger charge is -2.27. The van der Waals surface area contributed by atoms with Gasteiger partial charge in [0.2, 0.25) is 0 Å². The van der Waals surface area contributed by atoms with Crippen LogP contribution in [0.25, 0.3) is 0 Å². The molecular weight excluding hydrogens is 268 g/mol. The number of hydrogen-bond acceptors (Lipinski definition) is 7. The van der Waals surface area contributed by atoms with Crippen molar-refractivity contribution in [2.45, 2.75) is 24.7 Å². The summed E-state index contributed by atoms with van der Waals surface area (Å²) in [5.41, 5.74) is 0. The third-order valence-electron chi connectivity index (χ3n) is 2.71. The summed E-state index contributed by atoms with van der Waals surface area (Å²) in [5.74, 6) is 0. The maximum atomic E-state index is 11.6. The van der Waals surface area contributed by atoms with Gasteiger partial charge in [0.15, 0.2) is 6.10 Å². The fourth-order valence-corrected chi connectivity index (χ4v) is 1.57. The maximum Gasteiger partial charge on any atom is 0.407 e. The number of alkyl carbamates (subject to hydrolysis) is 1. The van der Waals surface area contributed by atoms with Crippen LogP contribution in [0.1, 0.15) is 6.42 Å². The highest BCUT2D eigenvalue weighted by Crippen LogP contribution is 2.09. The van der Waals surface area contributed by atoms with E-state index in [-0.39, 0.29) is 0 Å². The Morgan fingerprint density at radius 1 is 1.30 bits per heavy atom. The van der Waals surface area contributed by atoms with Gasteiger partial charge >= 0.3 is 6.09 Å². The molecule has 0 aliphatic carbocycles. The van der Waals surface area contributed by atoms with Crippen LogP contribution in [0.2, 0.25) is 0 Å². The molecule has 3 atom stereocenters. The van der Waals surface area contributed by atoms with E-state index in [9.17, 15) is 9.90 Å². The summed E-state index contributed by atoms with van der Waals surface area (Å²) >= 11 is 0. The molecule has 0 rings (SSSR count). The molecule has 0 saturated carbocycles. The lowest BCUT2D eigenvalue weighted by molar-refractivity contribution is -0.107. The second-order valence-corrected chi connectivity index (χ2v) is 4.66. The highest BCUT2D eigenvalue weighted by atomic mass is 16.6. The number of methoxy groups -OCH3 is 1. The van der Waals surface area contributed by atoms with E-state index in [1.165, 1.54) is 7.11 Å². The summed E-state index contributed by atoms with van der Waals surface area (Å²) in [5, 5.41) is 30.1. The van der Waals surface area contributed by atoms with Crippen molar-refractivity contribution in [1.29, 1.82) is 0 Å². The molecule has 0 saturated heterocycles. The first-order chi connectivity index (χ1) is 9.46. The van der Waals surface area contributed by atoms with Gasteiger partial charge < -0.3 is 35.0 Å². The van der Waals surface area contributed by atoms with Crippen LogP contribution in [0.5, 0.6) is 0 Å². The molecule has 0 spiro atoms. The van der Waals surface area contributed by atoms with E-state index < -0.39 is 37.6 Å². The minimum atomic E-state index is -1.32. The number of nitrogens with zero attached hydrogens (tertiary/aromatic N) is 1. The molecule has 8 heteroatoms. The van der Waals surface area contributed by atoms with Gasteiger partial charge in [0, 0.05) is 13.7 Å². The number of ether oxygens (including phenoxy) is 2. The molecule has 4 N–H and O–H groups in total. The highest BCUT2D eigenvalue weighted by molar-refractivity contribution is 5.67. The molecule has 1 amide bonds. The number of aliphatic hydroxyl groups is 3. The number of amides is 1. The van der Waals surface area contributed by atoms with E-state index in [2.05, 4.69) is 5.32 Å². The summed E-state index contributed by atoms with van der Waals surface area (Å²) in [6.45, 7) is 0.209. The smallest absolute Gasteiger partial charge is 0.407 e. The Labute approximate surface area is 119 Å². The molecule has 120 valence electrons. The summed E-state index contributed by atoms with van der Waals surface area (Å²) in [4.78, 5) is 13.6. The molecule has 0 aromatic carbocycles. The Kier molecular flexibility index (Phi) is 10.3. The predicted molar refractivity (Wildman–Crippen MR) is 72.4 cm³/mol. The third kappa shape index (κ3) is 7.61. The van der Waals surface area contributed by atoms with Crippen molar-refractivity contribution in [3.8, 4) is 0 Å². The molecule has 0 aromatic heterocycles. The first-order valence-electron chi connectivity index (χ1n) is 6.48. The molecule has 20 heavy (non-hydrogen) atoms. The molecule has 0 aromatic rings. The van der Waals surface area contributed by atoms with Crippen LogP contribution in [0, 0.1) is 0 Å². The van der Waals surface area contributed by atoms with Crippen LogP contribution >= 0.6 is 0 Å². The number of rotatable bonds is 10. The summed E-state index contributed by atoms with van der Waals surface area (Å²) in [6.07, 6.45) is -3.33. The van der Waals surface area contributed by atoms with E-state index in [4.69, 9.17) is 19.7 Å². The van der Waals surface area contributed by atoms with Crippen molar-refractivity contribution in [3.05, 3.63) is 0 Å². The van der Waals surface area contributed by atoms with Crippen molar-refractivity contribution < 1.29 is 29.6 Å². The SMILES string of the molecule is COC(CO)C(OC(=O)NCCCN(C)C)C(O)CO. The summed E-state index contributed by atoms with van der Waals surface area (Å²) < 4.78 is 9.91. The molecule has 0 bridgehead atoms. The van der Waals surface area contributed by atoms with E-state index in [1.807, 2.05) is 19.0 Å². The van der Waals surface area contributed by atoms with Crippen LogP contribution in [0.4, 0.5) is 4.79 Å². The fraction of sp³-hybridized carbons (Fsp3) is 0.917. The average Bonchev–Trinajstić information content (AvgIpc) is 2.42. The Hall–Kier alpha value is -0.930. The number of carbonyl (C=O) groups is 1. The highest BCUT2D eigenvalue weighted by Gasteiger charge is 2.31. The normalized spacial score (nSPS) is 15.8. The van der Waals surface area contributed by atoms with Gasteiger partial charge in [-0.25, -0.2) is 4.79 Å². The largest absolute Gasteiger partial charge is 0.441 e. The van der Waals surface area contributed by atoms with Gasteiger partial charge in [-0.15, -0.1) is 0 Å². The molecular formula is C12H26N2O6. The molecule has 0 aliphatic heterocycles. The van der Waals surface area contributed by atoms with Crippen molar-refractivity contribution in [3.63, 3.8) is 0 Å². The van der Waals surface area contributed by atoms with Crippen LogP contribution in [-0.2, 0) is 9.47 Å². The zero-order valence-electron chi connectivity index (χ0n) is 12.3. The Morgan fingerprint density at radius 3 is 2.40 bits per heavy atom. The Bertz CT molecular complexity index is 260. The average molecular weight is 294 g/mol. The third-order valence-corrected chi connectivity index (χ3v) is 2.71. The van der Waals surface area contributed by atoms with Crippen LogP contribution in [-0.4, -0.2) is 92.1 Å². The molecule has 3 unspecified atom stereocenters. The number of aliphatic hydroxyl groups excluding tert-OH is 3. The van der Waals surface area contributed by atoms with E-state index in [1.54, 1.807) is 0 Å². The minimum absolute atomic E-state index is 0.426. The monoisotopic (exact) mass is 294 g/mol. The van der Waals surface area contributed by atoms with Gasteiger partial charge in [-0.1, -0.05) is 0 Å². The number of carbonyl (C=O) groups excluding carboxylic acids is 1. The zero-order valence-corrected chi connectivity index (χ0v) is 12.3. The lowest BCUT2D eigenvalue weighted by atomic mass is 10.1. The van der Waals surface area contributed by atoms with Crippen molar-refractivity contribution in [2.24, 2.45) is 0 Å². The van der Waals surface area contributed by atoms with Gasteiger partial charge in [-0.05, 0) is 27.1 Å². The van der Waals surface area contributed by atoms with Gasteiger partial charge in [0.25, 0.3) is 0 Å². The molecule has 0 heterocycles. The van der Waals surface area contributed by atoms with Crippen molar-refractivity contribution in [1.82, 2.24) is 10.2 Å². The Balaban J connectivity index is 4.25. The van der Waals surface area contributed by atoms with Crippen LogP contribution < -0.4 is 5.32 Å². The minimum Gasteiger partial charge on any atom is -0.441 e. The standard InChI is InChI=1S/C12H26N2O6/c1-14(2)6-4-5-13-12(18)20-11(9(17)7-15)10(8-16)19-3/h9-11,15-17H,4-8H2,1-3H3,(H,13,18). The van der Waals surface area contributed by atoms with E-state index in [0.717, 1.165) is 13.0 Å². The van der Waals surface area contributed by atoms with Crippen LogP contribution in [0.15, 0.2) is 0 Å². The molecule has 0 radical (unpaired) electrons. The first-order valence-corrected chi connectivity index (χ1v) is 6.48. The summed E-state index contributed by atoms with van der Waals surface area (Å²) in [6, 6.07) is 0. The van der Waals surface area contributed by atoms with Gasteiger partial charge in [0.05, 0.1) is 13.2 Å². The molecule has 8 nitrogen and oxygen atoms in total.